The Bertz CT molecular complexity index is 574. The number of nitro groups is 1. The van der Waals surface area contributed by atoms with E-state index < -0.39 is 10.9 Å². The first-order valence-corrected chi connectivity index (χ1v) is 5.32. The molecule has 7 nitrogen and oxygen atoms in total. The van der Waals surface area contributed by atoms with Crippen LogP contribution in [-0.2, 0) is 7.05 Å². The summed E-state index contributed by atoms with van der Waals surface area (Å²) >= 11 is 0. The molecule has 0 unspecified atom stereocenters. The quantitative estimate of drug-likeness (QED) is 0.656. The molecule has 1 N–H and O–H groups in total. The first-order valence-electron chi connectivity index (χ1n) is 5.32. The summed E-state index contributed by atoms with van der Waals surface area (Å²) in [7, 11) is 2.60. The minimum atomic E-state index is -0.957. The minimum absolute atomic E-state index is 0.226. The van der Waals surface area contributed by atoms with Crippen molar-refractivity contribution in [2.45, 2.75) is 0 Å². The number of carboxylic acids is 1. The summed E-state index contributed by atoms with van der Waals surface area (Å²) in [4.78, 5) is 19.3. The Hall–Kier alpha value is -2.70. The van der Waals surface area contributed by atoms with Crippen molar-refractivity contribution < 1.29 is 14.8 Å². The lowest BCUT2D eigenvalue weighted by molar-refractivity contribution is -0.445. The van der Waals surface area contributed by atoms with E-state index in [4.69, 9.17) is 15.2 Å². The predicted octanol–water partition coefficient (Wildman–Crippen LogP) is 1.68. The molecule has 0 aliphatic rings. The van der Waals surface area contributed by atoms with Crippen molar-refractivity contribution in [2.24, 2.45) is 7.05 Å². The van der Waals surface area contributed by atoms with E-state index in [9.17, 15) is 4.79 Å². The molecule has 0 saturated carbocycles. The van der Waals surface area contributed by atoms with Crippen LogP contribution in [0.5, 0.6) is 0 Å². The van der Waals surface area contributed by atoms with Crippen LogP contribution in [0, 0.1) is 10.1 Å². The van der Waals surface area contributed by atoms with E-state index in [0.717, 1.165) is 12.6 Å². The Morgan fingerprint density at radius 2 is 1.89 bits per heavy atom. The lowest BCUT2D eigenvalue weighted by Gasteiger charge is -1.97. The van der Waals surface area contributed by atoms with E-state index in [1.54, 1.807) is 7.05 Å². The second-order valence-electron chi connectivity index (χ2n) is 3.68. The zero-order chi connectivity index (χ0) is 14.4. The van der Waals surface area contributed by atoms with E-state index in [1.807, 2.05) is 30.3 Å². The summed E-state index contributed by atoms with van der Waals surface area (Å²) in [5.41, 5.74) is 1.55. The van der Waals surface area contributed by atoms with Crippen molar-refractivity contribution >= 4 is 5.97 Å². The molecular formula is C12H13N3O4. The zero-order valence-electron chi connectivity index (χ0n) is 10.5. The van der Waals surface area contributed by atoms with E-state index in [2.05, 4.69) is 5.10 Å². The van der Waals surface area contributed by atoms with Crippen LogP contribution >= 0.6 is 0 Å². The lowest BCUT2D eigenvalue weighted by atomic mass is 10.1. The van der Waals surface area contributed by atoms with Crippen LogP contribution in [0.2, 0.25) is 0 Å². The summed E-state index contributed by atoms with van der Waals surface area (Å²) in [6.45, 7) is 0. The second kappa shape index (κ2) is 6.29. The maximum Gasteiger partial charge on any atom is 0.339 e. The molecule has 0 radical (unpaired) electrons. The maximum atomic E-state index is 11.0. The Balaban J connectivity index is 0.000000399. The van der Waals surface area contributed by atoms with Crippen molar-refractivity contribution in [1.82, 2.24) is 9.78 Å². The van der Waals surface area contributed by atoms with Gasteiger partial charge in [-0.15, -0.1) is 0 Å². The molecule has 0 atom stereocenters. The Morgan fingerprint density at radius 1 is 1.37 bits per heavy atom. The highest BCUT2D eigenvalue weighted by molar-refractivity contribution is 5.94. The van der Waals surface area contributed by atoms with Gasteiger partial charge in [0, 0.05) is 23.7 Å². The van der Waals surface area contributed by atoms with Gasteiger partial charge in [0.15, 0.2) is 7.05 Å². The molecule has 1 heterocycles. The van der Waals surface area contributed by atoms with Gasteiger partial charge in [0.1, 0.15) is 11.3 Å². The maximum absolute atomic E-state index is 11.0. The number of aryl methyl sites for hydroxylation is 1. The molecule has 100 valence electrons. The normalized spacial score (nSPS) is 9.37. The molecule has 0 aliphatic carbocycles. The van der Waals surface area contributed by atoms with Gasteiger partial charge in [0.25, 0.3) is 0 Å². The molecule has 0 spiro atoms. The summed E-state index contributed by atoms with van der Waals surface area (Å²) in [5, 5.41) is 21.9. The number of rotatable bonds is 2. The van der Waals surface area contributed by atoms with Crippen molar-refractivity contribution in [3.63, 3.8) is 0 Å². The minimum Gasteiger partial charge on any atom is -0.478 e. The fraction of sp³-hybridized carbons (Fsp3) is 0.167. The third kappa shape index (κ3) is 4.23. The highest BCUT2D eigenvalue weighted by Gasteiger charge is 2.15. The smallest absolute Gasteiger partial charge is 0.339 e. The monoisotopic (exact) mass is 263 g/mol. The first kappa shape index (κ1) is 14.4. The number of nitrogens with zero attached hydrogens (tertiary/aromatic N) is 3. The average Bonchev–Trinajstić information content (AvgIpc) is 2.72. The van der Waals surface area contributed by atoms with Crippen molar-refractivity contribution in [3.8, 4) is 11.3 Å². The van der Waals surface area contributed by atoms with Crippen LogP contribution in [0.1, 0.15) is 10.4 Å². The van der Waals surface area contributed by atoms with Gasteiger partial charge in [-0.1, -0.05) is 30.3 Å². The molecular weight excluding hydrogens is 250 g/mol. The molecule has 19 heavy (non-hydrogen) atoms. The number of hydrogen-bond acceptors (Lipinski definition) is 4. The van der Waals surface area contributed by atoms with Crippen molar-refractivity contribution in [1.29, 1.82) is 0 Å². The number of aromatic carboxylic acids is 1. The van der Waals surface area contributed by atoms with Crippen LogP contribution in [0.4, 0.5) is 0 Å². The Morgan fingerprint density at radius 3 is 2.37 bits per heavy atom. The Labute approximate surface area is 109 Å². The summed E-state index contributed by atoms with van der Waals surface area (Å²) < 4.78 is 1.51. The van der Waals surface area contributed by atoms with Gasteiger partial charge in [0.2, 0.25) is 0 Å². The summed E-state index contributed by atoms with van der Waals surface area (Å²) in [6.07, 6.45) is 1.50. The molecule has 2 rings (SSSR count). The molecule has 0 amide bonds. The summed E-state index contributed by atoms with van der Waals surface area (Å²) in [6, 6.07) is 9.28. The summed E-state index contributed by atoms with van der Waals surface area (Å²) in [5.74, 6) is -0.957. The molecule has 0 saturated heterocycles. The topological polar surface area (TPSA) is 98.3 Å². The van der Waals surface area contributed by atoms with Crippen LogP contribution in [0.15, 0.2) is 36.5 Å². The van der Waals surface area contributed by atoms with E-state index in [-0.39, 0.29) is 5.56 Å². The molecule has 7 heteroatoms. The second-order valence-corrected chi connectivity index (χ2v) is 3.68. The number of benzene rings is 1. The SMILES string of the molecule is C[N+](=O)[O-].Cn1cc(C(=O)O)c(-c2ccccc2)n1. The molecule has 0 bridgehead atoms. The third-order valence-electron chi connectivity index (χ3n) is 2.11. The number of carbonyl (C=O) groups is 1. The van der Waals surface area contributed by atoms with E-state index in [1.165, 1.54) is 10.9 Å². The van der Waals surface area contributed by atoms with E-state index >= 15 is 0 Å². The Kier molecular flexibility index (Phi) is 4.76. The molecule has 0 aliphatic heterocycles. The van der Waals surface area contributed by atoms with Gasteiger partial charge in [0.05, 0.1) is 0 Å². The van der Waals surface area contributed by atoms with Gasteiger partial charge in [-0.05, 0) is 0 Å². The van der Waals surface area contributed by atoms with Gasteiger partial charge in [-0.2, -0.15) is 5.10 Å². The molecule has 2 aromatic rings. The zero-order valence-corrected chi connectivity index (χ0v) is 10.5. The number of hydrogen-bond donors (Lipinski definition) is 1. The van der Waals surface area contributed by atoms with Gasteiger partial charge in [-0.3, -0.25) is 14.8 Å². The van der Waals surface area contributed by atoms with Crippen LogP contribution in [-0.4, -0.2) is 32.8 Å². The van der Waals surface area contributed by atoms with Crippen molar-refractivity contribution in [3.05, 3.63) is 52.2 Å². The predicted molar refractivity (Wildman–Crippen MR) is 68.5 cm³/mol. The van der Waals surface area contributed by atoms with Gasteiger partial charge in [-0.25, -0.2) is 4.79 Å². The highest BCUT2D eigenvalue weighted by atomic mass is 16.6. The van der Waals surface area contributed by atoms with Gasteiger partial charge < -0.3 is 5.11 Å². The number of carboxylic acid groups (broad SMARTS) is 1. The lowest BCUT2D eigenvalue weighted by Crippen LogP contribution is -1.96. The molecule has 1 aromatic heterocycles. The largest absolute Gasteiger partial charge is 0.478 e. The highest BCUT2D eigenvalue weighted by Crippen LogP contribution is 2.21. The third-order valence-corrected chi connectivity index (χ3v) is 2.11. The van der Waals surface area contributed by atoms with Crippen LogP contribution in [0.25, 0.3) is 11.3 Å². The van der Waals surface area contributed by atoms with Crippen LogP contribution in [0.3, 0.4) is 0 Å². The number of aromatic nitrogens is 2. The van der Waals surface area contributed by atoms with Gasteiger partial charge >= 0.3 is 5.97 Å². The average molecular weight is 263 g/mol. The fourth-order valence-electron chi connectivity index (χ4n) is 1.45. The first-order chi connectivity index (χ1) is 8.91. The van der Waals surface area contributed by atoms with Crippen molar-refractivity contribution in [2.75, 3.05) is 7.05 Å². The molecule has 0 fully saturated rings. The van der Waals surface area contributed by atoms with E-state index in [0.29, 0.717) is 5.69 Å². The fourth-order valence-corrected chi connectivity index (χ4v) is 1.45. The molecule has 1 aromatic carbocycles. The standard InChI is InChI=1S/C11H10N2O2.CH3NO2/c1-13-7-9(11(14)15)10(12-13)8-5-3-2-4-6-8;1-2(3)4/h2-7H,1H3,(H,14,15);1H3. The van der Waals surface area contributed by atoms with Crippen LogP contribution < -0.4 is 0 Å².